The molecule has 1 aliphatic heterocycles. The van der Waals surface area contributed by atoms with Gasteiger partial charge in [-0.25, -0.2) is 0 Å². The summed E-state index contributed by atoms with van der Waals surface area (Å²) in [4.78, 5) is 7.31. The minimum absolute atomic E-state index is 1.03. The Morgan fingerprint density at radius 1 is 1.18 bits per heavy atom. The first-order chi connectivity index (χ1) is 10.8. The lowest BCUT2D eigenvalue weighted by Gasteiger charge is -2.19. The number of hydrogen-bond acceptors (Lipinski definition) is 4. The third kappa shape index (κ3) is 3.23. The number of fused-ring (bicyclic) bond motifs is 2. The molecule has 0 fully saturated rings. The Kier molecular flexibility index (Phi) is 5.21. The van der Waals surface area contributed by atoms with Crippen molar-refractivity contribution < 1.29 is 0 Å². The molecule has 2 aromatic rings. The van der Waals surface area contributed by atoms with Crippen molar-refractivity contribution in [2.45, 2.75) is 31.8 Å². The van der Waals surface area contributed by atoms with Gasteiger partial charge in [0, 0.05) is 34.7 Å². The second-order valence-electron chi connectivity index (χ2n) is 5.73. The Morgan fingerprint density at radius 2 is 2.00 bits per heavy atom. The maximum atomic E-state index is 4.83. The van der Waals surface area contributed by atoms with Crippen LogP contribution in [0, 0.1) is 0 Å². The lowest BCUT2D eigenvalue weighted by Crippen LogP contribution is -2.25. The number of aromatic nitrogens is 1. The van der Waals surface area contributed by atoms with Crippen molar-refractivity contribution in [3.63, 3.8) is 0 Å². The molecule has 3 rings (SSSR count). The van der Waals surface area contributed by atoms with Crippen LogP contribution in [0.2, 0.25) is 0 Å². The monoisotopic (exact) mass is 315 g/mol. The summed E-state index contributed by atoms with van der Waals surface area (Å²) >= 11 is 1.97. The van der Waals surface area contributed by atoms with E-state index in [0.717, 1.165) is 36.7 Å². The van der Waals surface area contributed by atoms with Crippen molar-refractivity contribution in [2.75, 3.05) is 31.5 Å². The van der Waals surface area contributed by atoms with Gasteiger partial charge in [-0.1, -0.05) is 32.0 Å². The summed E-state index contributed by atoms with van der Waals surface area (Å²) in [6.45, 7) is 8.94. The van der Waals surface area contributed by atoms with Crippen molar-refractivity contribution in [3.8, 4) is 0 Å². The molecule has 0 atom stereocenters. The fraction of sp³-hybridized carbons (Fsp3) is 0.500. The Labute approximate surface area is 137 Å². The Balaban J connectivity index is 1.75. The molecule has 0 saturated heterocycles. The third-order valence-corrected chi connectivity index (χ3v) is 5.38. The van der Waals surface area contributed by atoms with Gasteiger partial charge >= 0.3 is 0 Å². The van der Waals surface area contributed by atoms with E-state index in [1.165, 1.54) is 35.3 Å². The molecule has 0 radical (unpaired) electrons. The van der Waals surface area contributed by atoms with Crippen molar-refractivity contribution >= 4 is 28.4 Å². The van der Waals surface area contributed by atoms with Crippen LogP contribution in [0.4, 0.5) is 5.69 Å². The van der Waals surface area contributed by atoms with Crippen LogP contribution in [0.3, 0.4) is 0 Å². The fourth-order valence-electron chi connectivity index (χ4n) is 3.08. The molecule has 2 heterocycles. The van der Waals surface area contributed by atoms with Gasteiger partial charge in [-0.15, -0.1) is 0 Å². The summed E-state index contributed by atoms with van der Waals surface area (Å²) in [5, 5.41) is 4.98. The number of pyridine rings is 1. The Bertz CT molecular complexity index is 638. The van der Waals surface area contributed by atoms with Crippen molar-refractivity contribution in [3.05, 3.63) is 35.5 Å². The van der Waals surface area contributed by atoms with Crippen molar-refractivity contribution in [1.82, 2.24) is 9.88 Å². The number of hydrogen-bond donors (Lipinski definition) is 1. The fourth-order valence-corrected chi connectivity index (χ4v) is 4.13. The predicted molar refractivity (Wildman–Crippen MR) is 97.6 cm³/mol. The van der Waals surface area contributed by atoms with Crippen molar-refractivity contribution in [1.29, 1.82) is 0 Å². The molecule has 0 bridgehead atoms. The zero-order chi connectivity index (χ0) is 15.4. The summed E-state index contributed by atoms with van der Waals surface area (Å²) in [6.07, 6.45) is 1.18. The van der Waals surface area contributed by atoms with E-state index in [4.69, 9.17) is 4.98 Å². The molecule has 3 nitrogen and oxygen atoms in total. The van der Waals surface area contributed by atoms with Crippen LogP contribution in [0.5, 0.6) is 0 Å². The maximum Gasteiger partial charge on any atom is 0.0726 e. The van der Waals surface area contributed by atoms with Gasteiger partial charge in [0.15, 0.2) is 0 Å². The van der Waals surface area contributed by atoms with E-state index in [1.807, 2.05) is 11.8 Å². The lowest BCUT2D eigenvalue weighted by atomic mass is 10.1. The lowest BCUT2D eigenvalue weighted by molar-refractivity contribution is 0.303. The zero-order valence-corrected chi connectivity index (χ0v) is 14.4. The van der Waals surface area contributed by atoms with Gasteiger partial charge in [0.2, 0.25) is 0 Å². The van der Waals surface area contributed by atoms with E-state index in [0.29, 0.717) is 0 Å². The first-order valence-corrected chi connectivity index (χ1v) is 9.43. The Hall–Kier alpha value is -1.26. The standard InChI is InChI=1S/C18H25N3S/c1-3-21(4-2)11-7-10-19-18-14-8-5-6-9-16(14)20-17-13-22-12-15(17)18/h5-6,8-9H,3-4,7,10-13H2,1-2H3,(H,19,20). The minimum atomic E-state index is 1.03. The molecule has 1 aromatic carbocycles. The van der Waals surface area contributed by atoms with Crippen LogP contribution >= 0.6 is 11.8 Å². The van der Waals surface area contributed by atoms with E-state index < -0.39 is 0 Å². The van der Waals surface area contributed by atoms with Gasteiger partial charge in [-0.3, -0.25) is 4.98 Å². The van der Waals surface area contributed by atoms with Crippen LogP contribution in [0.25, 0.3) is 10.9 Å². The highest BCUT2D eigenvalue weighted by molar-refractivity contribution is 7.98. The van der Waals surface area contributed by atoms with Crippen LogP contribution in [0.15, 0.2) is 24.3 Å². The van der Waals surface area contributed by atoms with Crippen LogP contribution in [0.1, 0.15) is 31.5 Å². The first-order valence-electron chi connectivity index (χ1n) is 8.28. The van der Waals surface area contributed by atoms with E-state index in [-0.39, 0.29) is 0 Å². The summed E-state index contributed by atoms with van der Waals surface area (Å²) in [6, 6.07) is 8.51. The largest absolute Gasteiger partial charge is 0.384 e. The van der Waals surface area contributed by atoms with E-state index in [2.05, 4.69) is 48.3 Å². The second kappa shape index (κ2) is 7.34. The number of nitrogens with one attached hydrogen (secondary N) is 1. The number of para-hydroxylation sites is 1. The molecule has 4 heteroatoms. The molecule has 0 saturated carbocycles. The van der Waals surface area contributed by atoms with E-state index >= 15 is 0 Å². The molecule has 22 heavy (non-hydrogen) atoms. The van der Waals surface area contributed by atoms with Gasteiger partial charge in [0.05, 0.1) is 11.2 Å². The summed E-state index contributed by atoms with van der Waals surface area (Å²) < 4.78 is 0. The predicted octanol–water partition coefficient (Wildman–Crippen LogP) is 4.13. The van der Waals surface area contributed by atoms with Crippen LogP contribution in [-0.2, 0) is 11.5 Å². The SMILES string of the molecule is CCN(CC)CCCNc1c2c(nc3ccccc13)CSC2. The van der Waals surface area contributed by atoms with E-state index in [9.17, 15) is 0 Å². The van der Waals surface area contributed by atoms with Crippen LogP contribution in [-0.4, -0.2) is 36.1 Å². The van der Waals surface area contributed by atoms with Gasteiger partial charge in [-0.05, 0) is 32.1 Å². The van der Waals surface area contributed by atoms with Gasteiger partial charge in [-0.2, -0.15) is 11.8 Å². The molecule has 1 aromatic heterocycles. The number of anilines is 1. The van der Waals surface area contributed by atoms with Crippen molar-refractivity contribution in [2.24, 2.45) is 0 Å². The normalized spacial score (nSPS) is 13.8. The third-order valence-electron chi connectivity index (χ3n) is 4.41. The zero-order valence-electron chi connectivity index (χ0n) is 13.6. The molecular weight excluding hydrogens is 290 g/mol. The summed E-state index contributed by atoms with van der Waals surface area (Å²) in [5.74, 6) is 2.14. The van der Waals surface area contributed by atoms with E-state index in [1.54, 1.807) is 0 Å². The number of thioether (sulfide) groups is 1. The van der Waals surface area contributed by atoms with Gasteiger partial charge < -0.3 is 10.2 Å². The molecule has 0 spiro atoms. The molecule has 118 valence electrons. The number of nitrogens with zero attached hydrogens (tertiary/aromatic N) is 2. The molecule has 1 N–H and O–H groups in total. The average molecular weight is 315 g/mol. The molecular formula is C18H25N3S. The first kappa shape index (κ1) is 15.6. The minimum Gasteiger partial charge on any atom is -0.384 e. The maximum absolute atomic E-state index is 4.83. The molecule has 1 aliphatic rings. The highest BCUT2D eigenvalue weighted by Crippen LogP contribution is 2.37. The molecule has 0 unspecified atom stereocenters. The number of benzene rings is 1. The molecule has 0 aliphatic carbocycles. The topological polar surface area (TPSA) is 28.2 Å². The highest BCUT2D eigenvalue weighted by Gasteiger charge is 2.19. The average Bonchev–Trinajstić information content (AvgIpc) is 3.02. The van der Waals surface area contributed by atoms with Gasteiger partial charge in [0.25, 0.3) is 0 Å². The Morgan fingerprint density at radius 3 is 2.82 bits per heavy atom. The van der Waals surface area contributed by atoms with Gasteiger partial charge in [0.1, 0.15) is 0 Å². The highest BCUT2D eigenvalue weighted by atomic mass is 32.2. The summed E-state index contributed by atoms with van der Waals surface area (Å²) in [5.41, 5.74) is 5.14. The van der Waals surface area contributed by atoms with Crippen LogP contribution < -0.4 is 5.32 Å². The number of rotatable bonds is 7. The molecule has 0 amide bonds. The quantitative estimate of drug-likeness (QED) is 0.778. The second-order valence-corrected chi connectivity index (χ2v) is 6.71. The summed E-state index contributed by atoms with van der Waals surface area (Å²) in [7, 11) is 0. The smallest absolute Gasteiger partial charge is 0.0726 e.